The van der Waals surface area contributed by atoms with Crippen LogP contribution < -0.4 is 5.73 Å². The van der Waals surface area contributed by atoms with E-state index in [1.54, 1.807) is 0 Å². The van der Waals surface area contributed by atoms with E-state index in [9.17, 15) is 0 Å². The molecular weight excluding hydrogens is 136 g/mol. The van der Waals surface area contributed by atoms with Crippen LogP contribution in [0.4, 0.5) is 0 Å². The Kier molecular flexibility index (Phi) is 5.51. The van der Waals surface area contributed by atoms with E-state index in [1.807, 2.05) is 0 Å². The quantitative estimate of drug-likeness (QED) is 0.656. The van der Waals surface area contributed by atoms with Crippen LogP contribution in [-0.4, -0.2) is 30.6 Å². The minimum atomic E-state index is 0.291. The van der Waals surface area contributed by atoms with Gasteiger partial charge in [-0.3, -0.25) is 0 Å². The second-order valence-electron chi connectivity index (χ2n) is 3.55. The Morgan fingerprint density at radius 1 is 1.36 bits per heavy atom. The number of hydrogen-bond donors (Lipinski definition) is 1. The van der Waals surface area contributed by atoms with E-state index in [0.717, 1.165) is 6.54 Å². The molecule has 0 spiro atoms. The Morgan fingerprint density at radius 3 is 2.27 bits per heavy atom. The van der Waals surface area contributed by atoms with Gasteiger partial charge in [0, 0.05) is 18.6 Å². The summed E-state index contributed by atoms with van der Waals surface area (Å²) in [7, 11) is 2.14. The summed E-state index contributed by atoms with van der Waals surface area (Å²) in [5, 5.41) is 0. The molecule has 0 aliphatic carbocycles. The van der Waals surface area contributed by atoms with Gasteiger partial charge in [0.1, 0.15) is 0 Å². The first-order valence-electron chi connectivity index (χ1n) is 4.53. The van der Waals surface area contributed by atoms with Gasteiger partial charge in [-0.25, -0.2) is 0 Å². The van der Waals surface area contributed by atoms with Crippen LogP contribution in [0.15, 0.2) is 0 Å². The third kappa shape index (κ3) is 5.22. The largest absolute Gasteiger partial charge is 0.327 e. The van der Waals surface area contributed by atoms with Crippen molar-refractivity contribution >= 4 is 0 Å². The zero-order valence-corrected chi connectivity index (χ0v) is 8.30. The van der Waals surface area contributed by atoms with Gasteiger partial charge in [0.25, 0.3) is 0 Å². The average molecular weight is 158 g/mol. The fraction of sp³-hybridized carbons (Fsp3) is 1.00. The molecule has 0 heterocycles. The molecule has 2 N–H and O–H groups in total. The summed E-state index contributed by atoms with van der Waals surface area (Å²) < 4.78 is 0. The van der Waals surface area contributed by atoms with Crippen molar-refractivity contribution in [1.29, 1.82) is 0 Å². The Labute approximate surface area is 70.8 Å². The van der Waals surface area contributed by atoms with E-state index in [-0.39, 0.29) is 0 Å². The molecule has 1 unspecified atom stereocenters. The van der Waals surface area contributed by atoms with Crippen molar-refractivity contribution in [2.45, 2.75) is 45.7 Å². The predicted molar refractivity (Wildman–Crippen MR) is 50.6 cm³/mol. The fourth-order valence-electron chi connectivity index (χ4n) is 1.27. The maximum atomic E-state index is 5.69. The third-order valence-corrected chi connectivity index (χ3v) is 2.03. The fourth-order valence-corrected chi connectivity index (χ4v) is 1.27. The SMILES string of the molecule is CCCC(C)N(C)C[C@@H](C)N. The zero-order valence-electron chi connectivity index (χ0n) is 8.30. The van der Waals surface area contributed by atoms with Crippen molar-refractivity contribution in [3.05, 3.63) is 0 Å². The van der Waals surface area contributed by atoms with Gasteiger partial charge in [0.05, 0.1) is 0 Å². The second kappa shape index (κ2) is 5.56. The Morgan fingerprint density at radius 2 is 1.91 bits per heavy atom. The molecule has 0 aliphatic heterocycles. The van der Waals surface area contributed by atoms with Gasteiger partial charge in [-0.15, -0.1) is 0 Å². The first kappa shape index (κ1) is 10.9. The topological polar surface area (TPSA) is 29.3 Å². The van der Waals surface area contributed by atoms with Crippen molar-refractivity contribution < 1.29 is 0 Å². The van der Waals surface area contributed by atoms with Crippen molar-refractivity contribution in [2.24, 2.45) is 5.73 Å². The number of likely N-dealkylation sites (N-methyl/N-ethyl adjacent to an activating group) is 1. The molecule has 11 heavy (non-hydrogen) atoms. The summed E-state index contributed by atoms with van der Waals surface area (Å²) in [6.45, 7) is 7.53. The highest BCUT2D eigenvalue weighted by molar-refractivity contribution is 4.66. The third-order valence-electron chi connectivity index (χ3n) is 2.03. The Bertz CT molecular complexity index is 91.6. The van der Waals surface area contributed by atoms with Crippen LogP contribution >= 0.6 is 0 Å². The van der Waals surface area contributed by atoms with Crippen molar-refractivity contribution in [1.82, 2.24) is 4.90 Å². The van der Waals surface area contributed by atoms with Gasteiger partial charge in [-0.1, -0.05) is 13.3 Å². The van der Waals surface area contributed by atoms with Gasteiger partial charge in [-0.2, -0.15) is 0 Å². The van der Waals surface area contributed by atoms with E-state index >= 15 is 0 Å². The van der Waals surface area contributed by atoms with E-state index in [0.29, 0.717) is 12.1 Å². The molecule has 68 valence electrons. The summed E-state index contributed by atoms with van der Waals surface area (Å²) in [5.74, 6) is 0. The normalized spacial score (nSPS) is 16.9. The van der Waals surface area contributed by atoms with Crippen molar-refractivity contribution in [3.8, 4) is 0 Å². The second-order valence-corrected chi connectivity index (χ2v) is 3.55. The highest BCUT2D eigenvalue weighted by Gasteiger charge is 2.08. The molecule has 0 aromatic heterocycles. The van der Waals surface area contributed by atoms with Gasteiger partial charge < -0.3 is 10.6 Å². The van der Waals surface area contributed by atoms with Crippen LogP contribution in [0.3, 0.4) is 0 Å². The summed E-state index contributed by atoms with van der Waals surface area (Å²) >= 11 is 0. The summed E-state index contributed by atoms with van der Waals surface area (Å²) in [4.78, 5) is 2.33. The zero-order chi connectivity index (χ0) is 8.85. The minimum absolute atomic E-state index is 0.291. The molecular formula is C9H22N2. The van der Waals surface area contributed by atoms with Crippen LogP contribution in [0, 0.1) is 0 Å². The van der Waals surface area contributed by atoms with Gasteiger partial charge in [0.2, 0.25) is 0 Å². The van der Waals surface area contributed by atoms with Crippen molar-refractivity contribution in [3.63, 3.8) is 0 Å². The smallest absolute Gasteiger partial charge is 0.0139 e. The monoisotopic (exact) mass is 158 g/mol. The van der Waals surface area contributed by atoms with E-state index in [1.165, 1.54) is 12.8 Å². The molecule has 0 fully saturated rings. The first-order chi connectivity index (χ1) is 5.07. The lowest BCUT2D eigenvalue weighted by Crippen LogP contribution is -2.38. The molecule has 2 nitrogen and oxygen atoms in total. The lowest BCUT2D eigenvalue weighted by atomic mass is 10.1. The van der Waals surface area contributed by atoms with Crippen LogP contribution in [-0.2, 0) is 0 Å². The predicted octanol–water partition coefficient (Wildman–Crippen LogP) is 1.45. The highest BCUT2D eigenvalue weighted by Crippen LogP contribution is 2.03. The van der Waals surface area contributed by atoms with Crippen molar-refractivity contribution in [2.75, 3.05) is 13.6 Å². The summed E-state index contributed by atoms with van der Waals surface area (Å²) in [6.07, 6.45) is 2.52. The molecule has 0 amide bonds. The van der Waals surface area contributed by atoms with Crippen LogP contribution in [0.25, 0.3) is 0 Å². The van der Waals surface area contributed by atoms with Gasteiger partial charge >= 0.3 is 0 Å². The average Bonchev–Trinajstić information content (AvgIpc) is 1.86. The van der Waals surface area contributed by atoms with E-state index < -0.39 is 0 Å². The summed E-state index contributed by atoms with van der Waals surface area (Å²) in [5.41, 5.74) is 5.69. The molecule has 0 aliphatic rings. The number of nitrogens with two attached hydrogens (primary N) is 1. The number of rotatable bonds is 5. The maximum Gasteiger partial charge on any atom is 0.0139 e. The van der Waals surface area contributed by atoms with E-state index in [2.05, 4.69) is 32.7 Å². The molecule has 0 saturated carbocycles. The summed E-state index contributed by atoms with van der Waals surface area (Å²) in [6, 6.07) is 0.963. The molecule has 0 aromatic rings. The highest BCUT2D eigenvalue weighted by atomic mass is 15.1. The Balaban J connectivity index is 3.54. The molecule has 0 radical (unpaired) electrons. The van der Waals surface area contributed by atoms with Crippen LogP contribution in [0.1, 0.15) is 33.6 Å². The van der Waals surface area contributed by atoms with Gasteiger partial charge in [-0.05, 0) is 27.3 Å². The lowest BCUT2D eigenvalue weighted by molar-refractivity contribution is 0.234. The van der Waals surface area contributed by atoms with E-state index in [4.69, 9.17) is 5.73 Å². The molecule has 0 aromatic carbocycles. The lowest BCUT2D eigenvalue weighted by Gasteiger charge is -2.25. The molecule has 2 atom stereocenters. The number of nitrogens with zero attached hydrogens (tertiary/aromatic N) is 1. The number of hydrogen-bond acceptors (Lipinski definition) is 2. The van der Waals surface area contributed by atoms with Crippen LogP contribution in [0.5, 0.6) is 0 Å². The molecule has 0 bridgehead atoms. The Hall–Kier alpha value is -0.0800. The van der Waals surface area contributed by atoms with Crippen LogP contribution in [0.2, 0.25) is 0 Å². The minimum Gasteiger partial charge on any atom is -0.327 e. The molecule has 0 rings (SSSR count). The standard InChI is InChI=1S/C9H22N2/c1-5-6-9(3)11(4)7-8(2)10/h8-9H,5-7,10H2,1-4H3/t8-,9?/m1/s1. The molecule has 2 heteroatoms. The first-order valence-corrected chi connectivity index (χ1v) is 4.53. The van der Waals surface area contributed by atoms with Gasteiger partial charge in [0.15, 0.2) is 0 Å². The maximum absolute atomic E-state index is 5.69. The molecule has 0 saturated heterocycles.